The van der Waals surface area contributed by atoms with E-state index < -0.39 is 24.2 Å². The number of benzene rings is 2. The number of ether oxygens (including phenoxy) is 1. The fourth-order valence-corrected chi connectivity index (χ4v) is 4.09. The minimum absolute atomic E-state index is 0.146. The molecule has 1 atom stereocenters. The van der Waals surface area contributed by atoms with Gasteiger partial charge in [-0.15, -0.1) is 0 Å². The van der Waals surface area contributed by atoms with Gasteiger partial charge in [0.25, 0.3) is 17.6 Å². The van der Waals surface area contributed by atoms with E-state index in [4.69, 9.17) is 10.5 Å². The van der Waals surface area contributed by atoms with Crippen molar-refractivity contribution in [3.05, 3.63) is 65.4 Å². The molecule has 0 aliphatic heterocycles. The highest BCUT2D eigenvalue weighted by Crippen LogP contribution is 2.38. The van der Waals surface area contributed by atoms with Crippen LogP contribution in [0.4, 0.5) is 0 Å². The SMILES string of the molecule is CCCN(O)C(=O)COc1cccc2c1c(C(=O)C(N)=O)c(CC)n2C(C)c1ccccc1. The minimum Gasteiger partial charge on any atom is -0.483 e. The summed E-state index contributed by atoms with van der Waals surface area (Å²) in [4.78, 5) is 37.1. The number of carbonyl (C=O) groups is 3. The summed E-state index contributed by atoms with van der Waals surface area (Å²) < 4.78 is 7.75. The second-order valence-electron chi connectivity index (χ2n) is 7.78. The Morgan fingerprint density at radius 3 is 2.39 bits per heavy atom. The summed E-state index contributed by atoms with van der Waals surface area (Å²) in [5.41, 5.74) is 7.94. The van der Waals surface area contributed by atoms with Crippen molar-refractivity contribution in [3.8, 4) is 5.75 Å². The van der Waals surface area contributed by atoms with Crippen molar-refractivity contribution in [2.24, 2.45) is 5.73 Å². The van der Waals surface area contributed by atoms with Crippen LogP contribution in [0.15, 0.2) is 48.5 Å². The summed E-state index contributed by atoms with van der Waals surface area (Å²) in [6, 6.07) is 14.9. The quantitative estimate of drug-likeness (QED) is 0.212. The van der Waals surface area contributed by atoms with Crippen LogP contribution in [0.25, 0.3) is 10.9 Å². The lowest BCUT2D eigenvalue weighted by atomic mass is 10.0. The molecule has 0 fully saturated rings. The molecule has 0 saturated heterocycles. The normalized spacial score (nSPS) is 11.9. The zero-order valence-electron chi connectivity index (χ0n) is 19.1. The van der Waals surface area contributed by atoms with E-state index in [-0.39, 0.29) is 23.9 Å². The van der Waals surface area contributed by atoms with Gasteiger partial charge in [0, 0.05) is 12.2 Å². The summed E-state index contributed by atoms with van der Waals surface area (Å²) >= 11 is 0. The molecule has 1 unspecified atom stereocenters. The van der Waals surface area contributed by atoms with Crippen molar-refractivity contribution in [2.45, 2.75) is 39.7 Å². The molecule has 0 radical (unpaired) electrons. The zero-order valence-corrected chi connectivity index (χ0v) is 19.1. The molecule has 3 rings (SSSR count). The number of nitrogens with two attached hydrogens (primary N) is 1. The number of nitrogens with zero attached hydrogens (tertiary/aromatic N) is 2. The van der Waals surface area contributed by atoms with Crippen LogP contribution in [0.3, 0.4) is 0 Å². The number of hydrogen-bond donors (Lipinski definition) is 2. The maximum absolute atomic E-state index is 12.9. The number of amides is 2. The molecule has 174 valence electrons. The Morgan fingerprint density at radius 1 is 1.09 bits per heavy atom. The first kappa shape index (κ1) is 24.0. The average Bonchev–Trinajstić information content (AvgIpc) is 3.16. The molecule has 33 heavy (non-hydrogen) atoms. The Kier molecular flexibility index (Phi) is 7.50. The van der Waals surface area contributed by atoms with E-state index in [9.17, 15) is 19.6 Å². The second kappa shape index (κ2) is 10.3. The van der Waals surface area contributed by atoms with Crippen LogP contribution in [-0.4, -0.2) is 45.6 Å². The van der Waals surface area contributed by atoms with E-state index in [1.165, 1.54) is 0 Å². The number of ketones is 1. The summed E-state index contributed by atoms with van der Waals surface area (Å²) in [6.07, 6.45) is 1.06. The van der Waals surface area contributed by atoms with E-state index in [0.717, 1.165) is 5.56 Å². The van der Waals surface area contributed by atoms with Crippen LogP contribution in [-0.2, 0) is 16.0 Å². The van der Waals surface area contributed by atoms with Crippen LogP contribution in [0.5, 0.6) is 5.75 Å². The number of hydrogen-bond acceptors (Lipinski definition) is 5. The second-order valence-corrected chi connectivity index (χ2v) is 7.78. The highest BCUT2D eigenvalue weighted by molar-refractivity contribution is 6.45. The van der Waals surface area contributed by atoms with Crippen LogP contribution < -0.4 is 10.5 Å². The molecule has 0 spiro atoms. The predicted octanol–water partition coefficient (Wildman–Crippen LogP) is 3.49. The van der Waals surface area contributed by atoms with Gasteiger partial charge in [0.1, 0.15) is 5.75 Å². The topological polar surface area (TPSA) is 115 Å². The lowest BCUT2D eigenvalue weighted by molar-refractivity contribution is -0.167. The maximum Gasteiger partial charge on any atom is 0.289 e. The summed E-state index contributed by atoms with van der Waals surface area (Å²) in [5.74, 6) is -2.21. The molecule has 8 heteroatoms. The molecule has 1 heterocycles. The maximum atomic E-state index is 12.9. The molecule has 0 aliphatic rings. The van der Waals surface area contributed by atoms with Crippen LogP contribution in [0.1, 0.15) is 54.8 Å². The number of Topliss-reactive ketones (excluding diaryl/α,β-unsaturated/α-hetero) is 1. The minimum atomic E-state index is -1.06. The van der Waals surface area contributed by atoms with Crippen molar-refractivity contribution in [1.82, 2.24) is 9.63 Å². The predicted molar refractivity (Wildman–Crippen MR) is 124 cm³/mol. The van der Waals surface area contributed by atoms with E-state index in [1.54, 1.807) is 12.1 Å². The highest BCUT2D eigenvalue weighted by atomic mass is 16.5. The molecule has 3 aromatic rings. The summed E-state index contributed by atoms with van der Waals surface area (Å²) in [6.45, 7) is 5.52. The first-order valence-corrected chi connectivity index (χ1v) is 11.0. The lowest BCUT2D eigenvalue weighted by Crippen LogP contribution is -2.32. The van der Waals surface area contributed by atoms with Crippen LogP contribution in [0.2, 0.25) is 0 Å². The molecule has 8 nitrogen and oxygen atoms in total. The fraction of sp³-hybridized carbons (Fsp3) is 0.320. The molecule has 0 aliphatic carbocycles. The highest BCUT2D eigenvalue weighted by Gasteiger charge is 2.29. The van der Waals surface area contributed by atoms with Crippen LogP contribution >= 0.6 is 0 Å². The van der Waals surface area contributed by atoms with Gasteiger partial charge in [-0.2, -0.15) is 0 Å². The molecular formula is C25H29N3O5. The Balaban J connectivity index is 2.19. The largest absolute Gasteiger partial charge is 0.483 e. The van der Waals surface area contributed by atoms with Gasteiger partial charge >= 0.3 is 0 Å². The van der Waals surface area contributed by atoms with Gasteiger partial charge in [-0.25, -0.2) is 5.06 Å². The van der Waals surface area contributed by atoms with Crippen molar-refractivity contribution in [1.29, 1.82) is 0 Å². The Morgan fingerprint density at radius 2 is 1.79 bits per heavy atom. The van der Waals surface area contributed by atoms with Crippen molar-refractivity contribution in [2.75, 3.05) is 13.2 Å². The number of hydroxylamine groups is 2. The van der Waals surface area contributed by atoms with Gasteiger partial charge in [-0.3, -0.25) is 19.6 Å². The van der Waals surface area contributed by atoms with E-state index in [2.05, 4.69) is 0 Å². The van der Waals surface area contributed by atoms with Crippen molar-refractivity contribution in [3.63, 3.8) is 0 Å². The number of primary amides is 1. The molecular weight excluding hydrogens is 422 g/mol. The molecule has 2 amide bonds. The van der Waals surface area contributed by atoms with E-state index >= 15 is 0 Å². The van der Waals surface area contributed by atoms with Gasteiger partial charge in [0.2, 0.25) is 0 Å². The molecule has 0 bridgehead atoms. The summed E-state index contributed by atoms with van der Waals surface area (Å²) in [5, 5.41) is 10.8. The zero-order chi connectivity index (χ0) is 24.1. The Hall–Kier alpha value is -3.65. The first-order chi connectivity index (χ1) is 15.8. The van der Waals surface area contributed by atoms with Crippen LogP contribution in [0, 0.1) is 0 Å². The number of fused-ring (bicyclic) bond motifs is 1. The third-order valence-corrected chi connectivity index (χ3v) is 5.62. The number of rotatable bonds is 10. The molecule has 2 aromatic carbocycles. The summed E-state index contributed by atoms with van der Waals surface area (Å²) in [7, 11) is 0. The standard InChI is InChI=1S/C25H29N3O5/c1-4-14-27(32)21(29)15-33-20-13-9-12-19-22(20)23(24(30)25(26)31)18(5-2)28(19)16(3)17-10-7-6-8-11-17/h6-13,16,32H,4-5,14-15H2,1-3H3,(H2,26,31). The molecule has 0 saturated carbocycles. The Bertz CT molecular complexity index is 1170. The first-order valence-electron chi connectivity index (χ1n) is 11.0. The van der Waals surface area contributed by atoms with Gasteiger partial charge in [-0.1, -0.05) is 50.2 Å². The van der Waals surface area contributed by atoms with Crippen molar-refractivity contribution < 1.29 is 24.3 Å². The Labute approximate surface area is 192 Å². The van der Waals surface area contributed by atoms with Gasteiger partial charge in [0.05, 0.1) is 22.5 Å². The third kappa shape index (κ3) is 4.75. The average molecular weight is 452 g/mol. The van der Waals surface area contributed by atoms with E-state index in [0.29, 0.717) is 34.5 Å². The van der Waals surface area contributed by atoms with E-state index in [1.807, 2.05) is 61.7 Å². The van der Waals surface area contributed by atoms with Gasteiger partial charge < -0.3 is 15.0 Å². The lowest BCUT2D eigenvalue weighted by Gasteiger charge is -2.19. The smallest absolute Gasteiger partial charge is 0.289 e. The number of carbonyl (C=O) groups excluding carboxylic acids is 3. The monoisotopic (exact) mass is 451 g/mol. The third-order valence-electron chi connectivity index (χ3n) is 5.62. The fourth-order valence-electron chi connectivity index (χ4n) is 4.09. The van der Waals surface area contributed by atoms with Crippen molar-refractivity contribution >= 4 is 28.5 Å². The molecule has 1 aromatic heterocycles. The number of aromatic nitrogens is 1. The molecule has 3 N–H and O–H groups in total. The van der Waals surface area contributed by atoms with Gasteiger partial charge in [-0.05, 0) is 37.5 Å². The van der Waals surface area contributed by atoms with Gasteiger partial charge in [0.15, 0.2) is 6.61 Å².